The molecule has 2 aliphatic rings. The third-order valence-electron chi connectivity index (χ3n) is 13.1. The van der Waals surface area contributed by atoms with Crippen molar-refractivity contribution in [3.05, 3.63) is 87.9 Å². The molecule has 3 aromatic carbocycles. The maximum atomic E-state index is 14.3. The summed E-state index contributed by atoms with van der Waals surface area (Å²) < 4.78 is 28.6. The van der Waals surface area contributed by atoms with E-state index < -0.39 is 53.5 Å². The molecule has 0 radical (unpaired) electrons. The molecule has 6 rings (SSSR count). The Hall–Kier alpha value is -4.47. The Morgan fingerprint density at radius 3 is 2.22 bits per heavy atom. The molecule has 15 heteroatoms. The Balaban J connectivity index is 1.14. The molecule has 1 aromatic heterocycles. The second-order valence-electron chi connectivity index (χ2n) is 17.4. The molecule has 2 saturated heterocycles. The zero-order chi connectivity index (χ0) is 45.4. The number of nitrogens with zero attached hydrogens (tertiary/aromatic N) is 3. The number of aromatic nitrogens is 2. The third-order valence-corrected chi connectivity index (χ3v) is 13.4. The molecule has 2 aliphatic heterocycles. The molecule has 6 N–H and O–H groups in total. The topological polar surface area (TPSA) is 179 Å². The fourth-order valence-electron chi connectivity index (χ4n) is 9.11. The minimum absolute atomic E-state index is 0.0955. The summed E-state index contributed by atoms with van der Waals surface area (Å²) in [6.07, 6.45) is 2.28. The average molecular weight is 895 g/mol. The van der Waals surface area contributed by atoms with Crippen molar-refractivity contribution in [2.24, 2.45) is 11.3 Å². The van der Waals surface area contributed by atoms with Crippen molar-refractivity contribution in [2.75, 3.05) is 22.9 Å². The van der Waals surface area contributed by atoms with Crippen LogP contribution in [0.15, 0.2) is 54.6 Å². The van der Waals surface area contributed by atoms with Crippen LogP contribution in [0.25, 0.3) is 11.0 Å². The first-order chi connectivity index (χ1) is 30.2. The van der Waals surface area contributed by atoms with Crippen LogP contribution in [-0.2, 0) is 20.9 Å². The van der Waals surface area contributed by atoms with Crippen LogP contribution in [0.3, 0.4) is 0 Å². The van der Waals surface area contributed by atoms with E-state index in [1.165, 1.54) is 18.2 Å². The number of carbonyl (C=O) groups is 3. The molecule has 6 atom stereocenters. The number of fused-ring (bicyclic) bond motifs is 1. The lowest BCUT2D eigenvalue weighted by atomic mass is 9.62. The highest BCUT2D eigenvalue weighted by molar-refractivity contribution is 6.31. The zero-order valence-corrected chi connectivity index (χ0v) is 37.2. The summed E-state index contributed by atoms with van der Waals surface area (Å²) in [5.74, 6) is -2.20. The van der Waals surface area contributed by atoms with Crippen LogP contribution in [0.5, 0.6) is 0 Å². The number of ketones is 1. The Bertz CT molecular complexity index is 2160. The first kappa shape index (κ1) is 48.0. The number of aliphatic hydroxyl groups excluding tert-OH is 4. The monoisotopic (exact) mass is 893 g/mol. The zero-order valence-electron chi connectivity index (χ0n) is 36.5. The number of aliphatic hydroxyl groups is 4. The van der Waals surface area contributed by atoms with Crippen molar-refractivity contribution in [3.63, 3.8) is 0 Å². The SMILES string of the molecule is CCCCCCCCCC(C(=O)CC[C@@H](O)[C@H](O)[C@@H](O)[C@@H](O)CC)C(=O)NCc1ccc(C2N(c3ccc(F)c(Cl)c3)C(=O)C23CCN(c2nc4cc(F)c(C)cc4[nH]2)CC3)cc1. The first-order valence-electron chi connectivity index (χ1n) is 22.5. The van der Waals surface area contributed by atoms with Crippen molar-refractivity contribution in [3.8, 4) is 0 Å². The second kappa shape index (κ2) is 21.5. The van der Waals surface area contributed by atoms with Gasteiger partial charge in [-0.2, -0.15) is 0 Å². The quantitative estimate of drug-likeness (QED) is 0.0261. The highest BCUT2D eigenvalue weighted by atomic mass is 35.5. The molecule has 0 aliphatic carbocycles. The number of piperidine rings is 1. The molecule has 1 spiro atoms. The van der Waals surface area contributed by atoms with Crippen molar-refractivity contribution in [2.45, 2.75) is 141 Å². The third kappa shape index (κ3) is 10.9. The predicted molar refractivity (Wildman–Crippen MR) is 239 cm³/mol. The Labute approximate surface area is 373 Å². The van der Waals surface area contributed by atoms with Crippen LogP contribution >= 0.6 is 11.6 Å². The van der Waals surface area contributed by atoms with Crippen molar-refractivity contribution < 1.29 is 43.6 Å². The molecule has 12 nitrogen and oxygen atoms in total. The number of anilines is 2. The first-order valence-corrected chi connectivity index (χ1v) is 22.9. The molecule has 2 unspecified atom stereocenters. The molecule has 4 aromatic rings. The smallest absolute Gasteiger partial charge is 0.236 e. The summed E-state index contributed by atoms with van der Waals surface area (Å²) in [6, 6.07) is 14.5. The second-order valence-corrected chi connectivity index (χ2v) is 17.9. The molecule has 3 heterocycles. The van der Waals surface area contributed by atoms with E-state index in [1.807, 2.05) is 24.3 Å². The summed E-state index contributed by atoms with van der Waals surface area (Å²) in [6.45, 7) is 6.63. The lowest BCUT2D eigenvalue weighted by Crippen LogP contribution is -2.66. The van der Waals surface area contributed by atoms with Gasteiger partial charge in [-0.15, -0.1) is 0 Å². The summed E-state index contributed by atoms with van der Waals surface area (Å²) in [4.78, 5) is 53.1. The van der Waals surface area contributed by atoms with E-state index in [1.54, 1.807) is 30.9 Å². The van der Waals surface area contributed by atoms with E-state index in [0.29, 0.717) is 61.5 Å². The van der Waals surface area contributed by atoms with Gasteiger partial charge < -0.3 is 40.5 Å². The number of rotatable bonds is 22. The maximum absolute atomic E-state index is 14.3. The standard InChI is InChI=1S/C48H62ClF2N5O7/c1-4-6-7-8-9-10-11-12-33(40(58)19-20-41(59)43(61)42(60)39(57)5-2)45(62)52-28-30-13-15-31(16-14-30)44-48(46(63)56(44)32-17-18-35(50)34(49)26-32)21-23-55(24-22-48)47-53-37-25-29(3)36(51)27-38(37)54-47/h13-18,25-27,33,39,41-44,57,59-61H,4-12,19-24,28H2,1-3H3,(H,52,62)(H,53,54)/t33?,39-,41+,42-,43-,44?/m0/s1. The lowest BCUT2D eigenvalue weighted by molar-refractivity contribution is -0.142. The molecule has 0 bridgehead atoms. The highest BCUT2D eigenvalue weighted by Gasteiger charge is 2.62. The molecular formula is C48H62ClF2N5O7. The molecule has 63 heavy (non-hydrogen) atoms. The fraction of sp³-hybridized carbons (Fsp3) is 0.542. The van der Waals surface area contributed by atoms with Gasteiger partial charge in [0, 0.05) is 37.8 Å². The number of imidazole rings is 1. The summed E-state index contributed by atoms with van der Waals surface area (Å²) in [5, 5.41) is 43.8. The number of unbranched alkanes of at least 4 members (excludes halogenated alkanes) is 6. The fourth-order valence-corrected chi connectivity index (χ4v) is 9.29. The number of carbonyl (C=O) groups excluding carboxylic acids is 3. The number of β-lactam (4-membered cyclic amide) rings is 1. The van der Waals surface area contributed by atoms with E-state index in [2.05, 4.69) is 27.1 Å². The van der Waals surface area contributed by atoms with Gasteiger partial charge in [0.05, 0.1) is 45.6 Å². The minimum Gasteiger partial charge on any atom is -0.390 e. The van der Waals surface area contributed by atoms with Crippen LogP contribution in [-0.4, -0.2) is 85.5 Å². The summed E-state index contributed by atoms with van der Waals surface area (Å²) in [5.41, 5.74) is 3.07. The number of aryl methyl sites for hydroxylation is 1. The molecule has 342 valence electrons. The largest absolute Gasteiger partial charge is 0.390 e. The number of hydrogen-bond acceptors (Lipinski definition) is 9. The van der Waals surface area contributed by atoms with Crippen LogP contribution in [0.2, 0.25) is 5.02 Å². The molecule has 0 saturated carbocycles. The van der Waals surface area contributed by atoms with Crippen molar-refractivity contribution in [1.29, 1.82) is 0 Å². The lowest BCUT2D eigenvalue weighted by Gasteiger charge is -2.59. The number of Topliss-reactive ketones (excluding diaryl/α,β-unsaturated/α-hetero) is 1. The number of aromatic amines is 1. The van der Waals surface area contributed by atoms with E-state index in [9.17, 15) is 43.6 Å². The molecule has 2 amide bonds. The average Bonchev–Trinajstić information content (AvgIpc) is 3.70. The van der Waals surface area contributed by atoms with Crippen molar-refractivity contribution >= 4 is 51.9 Å². The number of H-pyrrole nitrogens is 1. The minimum atomic E-state index is -1.65. The molecule has 2 fully saturated rings. The number of amides is 2. The normalized spacial score (nSPS) is 18.6. The molecular weight excluding hydrogens is 832 g/mol. The van der Waals surface area contributed by atoms with Gasteiger partial charge in [0.2, 0.25) is 17.8 Å². The Kier molecular flexibility index (Phi) is 16.4. The Morgan fingerprint density at radius 1 is 0.889 bits per heavy atom. The van der Waals surface area contributed by atoms with Gasteiger partial charge in [-0.25, -0.2) is 13.8 Å². The Morgan fingerprint density at radius 2 is 1.56 bits per heavy atom. The van der Waals surface area contributed by atoms with Crippen LogP contribution < -0.4 is 15.1 Å². The maximum Gasteiger partial charge on any atom is 0.236 e. The van der Waals surface area contributed by atoms with Gasteiger partial charge in [0.1, 0.15) is 29.6 Å². The van der Waals surface area contributed by atoms with Gasteiger partial charge >= 0.3 is 0 Å². The van der Waals surface area contributed by atoms with E-state index in [-0.39, 0.29) is 48.3 Å². The van der Waals surface area contributed by atoms with Gasteiger partial charge in [0.15, 0.2) is 0 Å². The highest BCUT2D eigenvalue weighted by Crippen LogP contribution is 2.58. The number of nitrogens with one attached hydrogen (secondary N) is 2. The van der Waals surface area contributed by atoms with Gasteiger partial charge in [-0.1, -0.05) is 94.7 Å². The number of halogens is 3. The van der Waals surface area contributed by atoms with Gasteiger partial charge in [-0.05, 0) is 80.0 Å². The van der Waals surface area contributed by atoms with E-state index in [0.717, 1.165) is 55.2 Å². The van der Waals surface area contributed by atoms with Crippen LogP contribution in [0.4, 0.5) is 20.4 Å². The van der Waals surface area contributed by atoms with E-state index >= 15 is 0 Å². The van der Waals surface area contributed by atoms with E-state index in [4.69, 9.17) is 11.6 Å². The summed E-state index contributed by atoms with van der Waals surface area (Å²) in [7, 11) is 0. The van der Waals surface area contributed by atoms with Crippen LogP contribution in [0, 0.1) is 29.9 Å². The van der Waals surface area contributed by atoms with Crippen molar-refractivity contribution in [1.82, 2.24) is 15.3 Å². The predicted octanol–water partition coefficient (Wildman–Crippen LogP) is 7.75. The van der Waals surface area contributed by atoms with Crippen LogP contribution in [0.1, 0.15) is 120 Å². The number of benzene rings is 3. The number of hydrogen-bond donors (Lipinski definition) is 6. The van der Waals surface area contributed by atoms with Gasteiger partial charge in [0.25, 0.3) is 0 Å². The van der Waals surface area contributed by atoms with Gasteiger partial charge in [-0.3, -0.25) is 14.4 Å². The summed E-state index contributed by atoms with van der Waals surface area (Å²) >= 11 is 6.20.